The van der Waals surface area contributed by atoms with Crippen LogP contribution < -0.4 is 5.32 Å². The van der Waals surface area contributed by atoms with Crippen molar-refractivity contribution in [2.45, 2.75) is 26.3 Å². The number of nitrogens with zero attached hydrogens (tertiary/aromatic N) is 1. The van der Waals surface area contributed by atoms with Gasteiger partial charge in [0.1, 0.15) is 5.82 Å². The summed E-state index contributed by atoms with van der Waals surface area (Å²) < 4.78 is 13.5. The summed E-state index contributed by atoms with van der Waals surface area (Å²) in [7, 11) is 0. The van der Waals surface area contributed by atoms with E-state index >= 15 is 0 Å². The molecule has 0 spiro atoms. The zero-order chi connectivity index (χ0) is 13.3. The normalized spacial score (nSPS) is 17.6. The first-order chi connectivity index (χ1) is 8.49. The lowest BCUT2D eigenvalue weighted by Gasteiger charge is -2.32. The number of halogens is 1. The summed E-state index contributed by atoms with van der Waals surface area (Å²) in [5.41, 5.74) is 1.30. The monoisotopic (exact) mass is 250 g/mol. The molecule has 1 heterocycles. The van der Waals surface area contributed by atoms with E-state index in [0.717, 1.165) is 5.56 Å². The van der Waals surface area contributed by atoms with Crippen LogP contribution in [0, 0.1) is 12.7 Å². The van der Waals surface area contributed by atoms with Crippen molar-refractivity contribution in [3.8, 4) is 0 Å². The molecule has 0 radical (unpaired) electrons. The van der Waals surface area contributed by atoms with Crippen molar-refractivity contribution < 1.29 is 14.0 Å². The van der Waals surface area contributed by atoms with E-state index in [9.17, 15) is 14.0 Å². The molecule has 3 amide bonds. The van der Waals surface area contributed by atoms with Gasteiger partial charge in [0.25, 0.3) is 0 Å². The highest BCUT2D eigenvalue weighted by molar-refractivity contribution is 5.96. The molecular weight excluding hydrogens is 235 g/mol. The molecule has 0 bridgehead atoms. The summed E-state index contributed by atoms with van der Waals surface area (Å²) in [5.74, 6) is -0.550. The number of hydrogen-bond acceptors (Lipinski definition) is 2. The van der Waals surface area contributed by atoms with Crippen LogP contribution in [0.3, 0.4) is 0 Å². The fourth-order valence-electron chi connectivity index (χ4n) is 2.00. The van der Waals surface area contributed by atoms with Crippen LogP contribution in [-0.2, 0) is 4.79 Å². The Morgan fingerprint density at radius 3 is 2.72 bits per heavy atom. The molecule has 1 N–H and O–H groups in total. The van der Waals surface area contributed by atoms with E-state index in [1.165, 1.54) is 11.0 Å². The number of benzene rings is 1. The molecule has 18 heavy (non-hydrogen) atoms. The third-order valence-corrected chi connectivity index (χ3v) is 3.23. The maximum atomic E-state index is 13.5. The van der Waals surface area contributed by atoms with Crippen molar-refractivity contribution in [2.24, 2.45) is 0 Å². The van der Waals surface area contributed by atoms with Gasteiger partial charge in [-0.25, -0.2) is 9.18 Å². The summed E-state index contributed by atoms with van der Waals surface area (Å²) in [4.78, 5) is 24.3. The van der Waals surface area contributed by atoms with Gasteiger partial charge in [-0.15, -0.1) is 0 Å². The molecule has 0 aromatic heterocycles. The van der Waals surface area contributed by atoms with Crippen LogP contribution >= 0.6 is 0 Å². The maximum Gasteiger partial charge on any atom is 0.324 e. The Bertz CT molecular complexity index is 502. The van der Waals surface area contributed by atoms with Crippen molar-refractivity contribution in [3.05, 3.63) is 35.1 Å². The Hall–Kier alpha value is -1.91. The summed E-state index contributed by atoms with van der Waals surface area (Å²) in [5, 5.41) is 2.26. The van der Waals surface area contributed by atoms with Gasteiger partial charge in [-0.1, -0.05) is 12.1 Å². The van der Waals surface area contributed by atoms with Gasteiger partial charge >= 0.3 is 6.03 Å². The minimum absolute atomic E-state index is 0.256. The molecular formula is C13H15FN2O2. The van der Waals surface area contributed by atoms with Crippen molar-refractivity contribution in [3.63, 3.8) is 0 Å². The van der Waals surface area contributed by atoms with E-state index in [2.05, 4.69) is 5.32 Å². The zero-order valence-corrected chi connectivity index (χ0v) is 10.4. The SMILES string of the molecule is Cc1ccc(C(C)N2CCC(=O)NC2=O)cc1F. The van der Waals surface area contributed by atoms with Crippen molar-refractivity contribution in [1.82, 2.24) is 10.2 Å². The number of carbonyl (C=O) groups is 2. The highest BCUT2D eigenvalue weighted by Gasteiger charge is 2.27. The van der Waals surface area contributed by atoms with Crippen LogP contribution in [0.5, 0.6) is 0 Å². The predicted octanol–water partition coefficient (Wildman–Crippen LogP) is 2.14. The summed E-state index contributed by atoms with van der Waals surface area (Å²) in [6.07, 6.45) is 0.282. The van der Waals surface area contributed by atoms with Crippen LogP contribution in [-0.4, -0.2) is 23.4 Å². The number of nitrogens with one attached hydrogen (secondary N) is 1. The zero-order valence-electron chi connectivity index (χ0n) is 10.4. The fraction of sp³-hybridized carbons (Fsp3) is 0.385. The number of rotatable bonds is 2. The number of imide groups is 1. The lowest BCUT2D eigenvalue weighted by molar-refractivity contribution is -0.121. The molecule has 1 unspecified atom stereocenters. The van der Waals surface area contributed by atoms with Gasteiger partial charge in [-0.05, 0) is 31.0 Å². The van der Waals surface area contributed by atoms with Crippen LogP contribution in [0.15, 0.2) is 18.2 Å². The van der Waals surface area contributed by atoms with Crippen LogP contribution in [0.1, 0.15) is 30.5 Å². The molecule has 1 saturated heterocycles. The highest BCUT2D eigenvalue weighted by Crippen LogP contribution is 2.23. The molecule has 1 aliphatic heterocycles. The van der Waals surface area contributed by atoms with Gasteiger partial charge in [0, 0.05) is 13.0 Å². The summed E-state index contributed by atoms with van der Waals surface area (Å²) in [6, 6.07) is 4.25. The van der Waals surface area contributed by atoms with Gasteiger partial charge < -0.3 is 4.90 Å². The molecule has 0 aliphatic carbocycles. The molecule has 5 heteroatoms. The number of urea groups is 1. The summed E-state index contributed by atoms with van der Waals surface area (Å²) in [6.45, 7) is 3.87. The lowest BCUT2D eigenvalue weighted by atomic mass is 10.0. The Morgan fingerprint density at radius 1 is 1.39 bits per heavy atom. The summed E-state index contributed by atoms with van der Waals surface area (Å²) >= 11 is 0. The standard InChI is InChI=1S/C13H15FN2O2/c1-8-3-4-10(7-11(8)14)9(2)16-6-5-12(17)15-13(16)18/h3-4,7,9H,5-6H2,1-2H3,(H,15,17,18). The quantitative estimate of drug-likeness (QED) is 0.874. The largest absolute Gasteiger partial charge is 0.324 e. The van der Waals surface area contributed by atoms with Crippen molar-refractivity contribution in [2.75, 3.05) is 6.54 Å². The van der Waals surface area contributed by atoms with Gasteiger partial charge in [-0.2, -0.15) is 0 Å². The van der Waals surface area contributed by atoms with E-state index in [0.29, 0.717) is 12.1 Å². The number of aryl methyl sites for hydroxylation is 1. The third-order valence-electron chi connectivity index (χ3n) is 3.23. The average molecular weight is 250 g/mol. The first-order valence-electron chi connectivity index (χ1n) is 5.85. The fourth-order valence-corrected chi connectivity index (χ4v) is 2.00. The first-order valence-corrected chi connectivity index (χ1v) is 5.85. The Morgan fingerprint density at radius 2 is 2.11 bits per heavy atom. The second-order valence-electron chi connectivity index (χ2n) is 4.48. The molecule has 96 valence electrons. The number of carbonyl (C=O) groups excluding carboxylic acids is 2. The maximum absolute atomic E-state index is 13.5. The van der Waals surface area contributed by atoms with E-state index in [-0.39, 0.29) is 24.2 Å². The molecule has 1 aromatic carbocycles. The smallest absolute Gasteiger partial charge is 0.317 e. The first kappa shape index (κ1) is 12.5. The van der Waals surface area contributed by atoms with Crippen molar-refractivity contribution in [1.29, 1.82) is 0 Å². The van der Waals surface area contributed by atoms with Gasteiger partial charge in [0.05, 0.1) is 6.04 Å². The molecule has 0 saturated carbocycles. The molecule has 1 atom stereocenters. The van der Waals surface area contributed by atoms with Gasteiger partial charge in [-0.3, -0.25) is 10.1 Å². The molecule has 4 nitrogen and oxygen atoms in total. The van der Waals surface area contributed by atoms with E-state index in [4.69, 9.17) is 0 Å². The predicted molar refractivity (Wildman–Crippen MR) is 64.4 cm³/mol. The van der Waals surface area contributed by atoms with E-state index < -0.39 is 6.03 Å². The number of hydrogen-bond donors (Lipinski definition) is 1. The molecule has 2 rings (SSSR count). The van der Waals surface area contributed by atoms with Crippen LogP contribution in [0.25, 0.3) is 0 Å². The van der Waals surface area contributed by atoms with E-state index in [1.807, 2.05) is 6.92 Å². The van der Waals surface area contributed by atoms with Gasteiger partial charge in [0.15, 0.2) is 0 Å². The minimum atomic E-state index is -0.417. The van der Waals surface area contributed by atoms with E-state index in [1.54, 1.807) is 19.1 Å². The Balaban J connectivity index is 2.20. The minimum Gasteiger partial charge on any atom is -0.317 e. The lowest BCUT2D eigenvalue weighted by Crippen LogP contribution is -2.50. The van der Waals surface area contributed by atoms with Crippen LogP contribution in [0.4, 0.5) is 9.18 Å². The Kier molecular flexibility index (Phi) is 3.32. The second-order valence-corrected chi connectivity index (χ2v) is 4.48. The second kappa shape index (κ2) is 4.76. The number of amides is 3. The third kappa shape index (κ3) is 2.34. The molecule has 1 aromatic rings. The topological polar surface area (TPSA) is 49.4 Å². The average Bonchev–Trinajstić information content (AvgIpc) is 2.32. The van der Waals surface area contributed by atoms with Crippen molar-refractivity contribution >= 4 is 11.9 Å². The molecule has 1 aliphatic rings. The Labute approximate surface area is 105 Å². The molecule has 1 fully saturated rings. The van der Waals surface area contributed by atoms with Gasteiger partial charge in [0.2, 0.25) is 5.91 Å². The van der Waals surface area contributed by atoms with Crippen LogP contribution in [0.2, 0.25) is 0 Å². The highest BCUT2D eigenvalue weighted by atomic mass is 19.1.